The molecule has 0 aromatic heterocycles. The summed E-state index contributed by atoms with van der Waals surface area (Å²) in [7, 11) is 5.15. The van der Waals surface area contributed by atoms with Crippen LogP contribution in [0.1, 0.15) is 5.56 Å². The topological polar surface area (TPSA) is 99.7 Å². The average molecular weight is 278 g/mol. The highest BCUT2D eigenvalue weighted by Crippen LogP contribution is 2.31. The Labute approximate surface area is 115 Å². The number of nitrogens with two attached hydrogens (primary N) is 1. The Bertz CT molecular complexity index is 499. The van der Waals surface area contributed by atoms with E-state index in [9.17, 15) is 8.76 Å². The van der Waals surface area contributed by atoms with Gasteiger partial charge in [0.2, 0.25) is 0 Å². The van der Waals surface area contributed by atoms with Gasteiger partial charge in [0.15, 0.2) is 17.0 Å². The molecule has 1 aliphatic heterocycles. The van der Waals surface area contributed by atoms with Gasteiger partial charge in [-0.1, -0.05) is 30.3 Å². The van der Waals surface area contributed by atoms with Crippen molar-refractivity contribution in [3.05, 3.63) is 35.9 Å². The molecule has 0 spiro atoms. The fourth-order valence-corrected chi connectivity index (χ4v) is 3.30. The highest BCUT2D eigenvalue weighted by molar-refractivity contribution is 7.80. The minimum Gasteiger partial charge on any atom is -0.371 e. The van der Waals surface area contributed by atoms with E-state index >= 15 is 0 Å². The van der Waals surface area contributed by atoms with Crippen LogP contribution in [0.5, 0.6) is 0 Å². The lowest BCUT2D eigenvalue weighted by molar-refractivity contribution is 0.420. The molecule has 5 N–H and O–H groups in total. The van der Waals surface area contributed by atoms with Crippen LogP contribution in [-0.2, 0) is 16.6 Å². The van der Waals surface area contributed by atoms with E-state index in [2.05, 4.69) is 15.5 Å². The normalized spacial score (nSPS) is 29.1. The maximum absolute atomic E-state index is 11.6. The van der Waals surface area contributed by atoms with E-state index in [1.165, 1.54) is 0 Å². The van der Waals surface area contributed by atoms with Crippen molar-refractivity contribution in [1.29, 1.82) is 0 Å². The minimum atomic E-state index is -2.01. The van der Waals surface area contributed by atoms with Gasteiger partial charge in [0.25, 0.3) is 7.98 Å². The van der Waals surface area contributed by atoms with Gasteiger partial charge in [0.05, 0.1) is 5.54 Å². The molecular weight excluding hydrogens is 263 g/mol. The van der Waals surface area contributed by atoms with Crippen LogP contribution in [0.2, 0.25) is 0 Å². The van der Waals surface area contributed by atoms with E-state index in [0.717, 1.165) is 5.56 Å². The molecule has 19 heavy (non-hydrogen) atoms. The Balaban J connectivity index is 2.47. The summed E-state index contributed by atoms with van der Waals surface area (Å²) >= 11 is -2.01. The average Bonchev–Trinajstić information content (AvgIpc) is 2.84. The Kier molecular flexibility index (Phi) is 4.23. The molecule has 1 saturated heterocycles. The van der Waals surface area contributed by atoms with Crippen molar-refractivity contribution in [2.75, 3.05) is 13.1 Å². The number of hydrogen-bond donors (Lipinski definition) is 4. The van der Waals surface area contributed by atoms with Crippen LogP contribution in [0.4, 0.5) is 0 Å². The Morgan fingerprint density at radius 3 is 2.84 bits per heavy atom. The maximum atomic E-state index is 11.6. The number of nitrogens with one attached hydrogen (secondary N) is 2. The summed E-state index contributed by atoms with van der Waals surface area (Å²) in [5, 5.41) is 5.54. The summed E-state index contributed by atoms with van der Waals surface area (Å²) in [4.78, 5) is 3.39. The quantitative estimate of drug-likeness (QED) is 0.247. The molecule has 3 atom stereocenters. The lowest BCUT2D eigenvalue weighted by Crippen LogP contribution is -2.57. The molecule has 1 aliphatic rings. The first-order chi connectivity index (χ1) is 9.10. The summed E-state index contributed by atoms with van der Waals surface area (Å²) in [5.41, 5.74) is 5.71. The molecule has 1 fully saturated rings. The van der Waals surface area contributed by atoms with Gasteiger partial charge in [-0.3, -0.25) is 0 Å². The standard InChI is InChI=1S/C11H15BN4O2S/c12-16-10(13)15-11(8-4-2-1-3-5-8)7-14-6-9(11)19(17)18/h1-5,9,14H,6-7H2,(H,17,18)(H3,13,15,16). The zero-order valence-corrected chi connectivity index (χ0v) is 11.1. The third-order valence-electron chi connectivity index (χ3n) is 3.31. The molecule has 8 heteroatoms. The number of benzene rings is 1. The van der Waals surface area contributed by atoms with E-state index in [1.807, 2.05) is 30.3 Å². The number of rotatable bonds is 3. The van der Waals surface area contributed by atoms with Crippen LogP contribution in [0.25, 0.3) is 0 Å². The van der Waals surface area contributed by atoms with Gasteiger partial charge in [-0.2, -0.15) is 0 Å². The highest BCUT2D eigenvalue weighted by atomic mass is 32.2. The van der Waals surface area contributed by atoms with Crippen molar-refractivity contribution in [3.63, 3.8) is 0 Å². The second-order valence-electron chi connectivity index (χ2n) is 4.37. The number of nitrogens with zero attached hydrogens (tertiary/aromatic N) is 1. The van der Waals surface area contributed by atoms with Crippen molar-refractivity contribution in [2.24, 2.45) is 10.6 Å². The summed E-state index contributed by atoms with van der Waals surface area (Å²) in [6, 6.07) is 9.37. The molecule has 1 aromatic rings. The Hall–Kier alpha value is -1.38. The molecule has 0 saturated carbocycles. The molecule has 0 bridgehead atoms. The number of hydrogen-bond acceptors (Lipinski definition) is 3. The van der Waals surface area contributed by atoms with Crippen LogP contribution in [0, 0.1) is 0 Å². The largest absolute Gasteiger partial charge is 0.371 e. The summed E-state index contributed by atoms with van der Waals surface area (Å²) in [6.45, 7) is 0.868. The molecule has 2 rings (SSSR count). The van der Waals surface area contributed by atoms with Gasteiger partial charge in [-0.25, -0.2) is 4.21 Å². The molecule has 0 aliphatic carbocycles. The highest BCUT2D eigenvalue weighted by Gasteiger charge is 2.48. The van der Waals surface area contributed by atoms with Crippen molar-refractivity contribution in [1.82, 2.24) is 10.6 Å². The van der Waals surface area contributed by atoms with Gasteiger partial charge >= 0.3 is 0 Å². The third kappa shape index (κ3) is 2.65. The second-order valence-corrected chi connectivity index (χ2v) is 5.49. The SMILES string of the molecule is [B]N=C(N)NC1(c2ccccc2)CNCC1S(=O)O. The van der Waals surface area contributed by atoms with Crippen molar-refractivity contribution < 1.29 is 8.76 Å². The van der Waals surface area contributed by atoms with Crippen LogP contribution in [-0.4, -0.2) is 41.0 Å². The van der Waals surface area contributed by atoms with Gasteiger partial charge in [-0.15, -0.1) is 0 Å². The summed E-state index contributed by atoms with van der Waals surface area (Å²) < 4.78 is 21.1. The van der Waals surface area contributed by atoms with E-state index in [0.29, 0.717) is 13.1 Å². The first kappa shape index (κ1) is 14.0. The number of guanidine groups is 1. The fraction of sp³-hybridized carbons (Fsp3) is 0.364. The Morgan fingerprint density at radius 2 is 2.26 bits per heavy atom. The van der Waals surface area contributed by atoms with Crippen molar-refractivity contribution in [2.45, 2.75) is 10.8 Å². The fourth-order valence-electron chi connectivity index (χ4n) is 2.41. The maximum Gasteiger partial charge on any atom is 0.264 e. The molecular formula is C11H15BN4O2S. The van der Waals surface area contributed by atoms with Gasteiger partial charge in [0, 0.05) is 13.1 Å². The molecule has 6 nitrogen and oxygen atoms in total. The predicted molar refractivity (Wildman–Crippen MR) is 76.1 cm³/mol. The molecule has 3 unspecified atom stereocenters. The van der Waals surface area contributed by atoms with Crippen LogP contribution >= 0.6 is 0 Å². The minimum absolute atomic E-state index is 0.0306. The summed E-state index contributed by atoms with van der Waals surface area (Å²) in [6.07, 6.45) is 0. The van der Waals surface area contributed by atoms with Gasteiger partial charge < -0.3 is 25.8 Å². The van der Waals surface area contributed by atoms with E-state index < -0.39 is 21.9 Å². The van der Waals surface area contributed by atoms with Crippen molar-refractivity contribution in [3.8, 4) is 0 Å². The molecule has 1 aromatic carbocycles. The van der Waals surface area contributed by atoms with Gasteiger partial charge in [-0.05, 0) is 5.56 Å². The van der Waals surface area contributed by atoms with Crippen molar-refractivity contribution >= 4 is 25.0 Å². The first-order valence-electron chi connectivity index (χ1n) is 5.77. The zero-order chi connectivity index (χ0) is 13.9. The lowest BCUT2D eigenvalue weighted by Gasteiger charge is -2.35. The van der Waals surface area contributed by atoms with Crippen LogP contribution in [0.15, 0.2) is 35.2 Å². The molecule has 100 valence electrons. The monoisotopic (exact) mass is 278 g/mol. The van der Waals surface area contributed by atoms with E-state index in [1.54, 1.807) is 0 Å². The Morgan fingerprint density at radius 1 is 1.58 bits per heavy atom. The second kappa shape index (κ2) is 5.73. The molecule has 0 amide bonds. The van der Waals surface area contributed by atoms with Gasteiger partial charge in [0.1, 0.15) is 5.25 Å². The van der Waals surface area contributed by atoms with E-state index in [4.69, 9.17) is 13.7 Å². The lowest BCUT2D eigenvalue weighted by atomic mass is 9.88. The van der Waals surface area contributed by atoms with Crippen LogP contribution in [0.3, 0.4) is 0 Å². The van der Waals surface area contributed by atoms with Crippen LogP contribution < -0.4 is 16.4 Å². The molecule has 1 heterocycles. The third-order valence-corrected chi connectivity index (χ3v) is 4.36. The first-order valence-corrected chi connectivity index (χ1v) is 6.94. The predicted octanol–water partition coefficient (Wildman–Crippen LogP) is -0.937. The molecule has 2 radical (unpaired) electrons. The van der Waals surface area contributed by atoms with E-state index in [-0.39, 0.29) is 5.96 Å². The smallest absolute Gasteiger partial charge is 0.264 e. The summed E-state index contributed by atoms with van der Waals surface area (Å²) in [5.74, 6) is 0.0306. The zero-order valence-electron chi connectivity index (χ0n) is 10.2.